The van der Waals surface area contributed by atoms with E-state index in [1.807, 2.05) is 4.68 Å². The van der Waals surface area contributed by atoms with Crippen molar-refractivity contribution in [2.24, 2.45) is 11.8 Å². The summed E-state index contributed by atoms with van der Waals surface area (Å²) in [6, 6.07) is 0.167. The molecule has 0 bridgehead atoms. The molecule has 1 heterocycles. The first-order valence-corrected chi connectivity index (χ1v) is 7.24. The summed E-state index contributed by atoms with van der Waals surface area (Å²) in [5.74, 6) is 2.31. The topological polar surface area (TPSA) is 64.9 Å². The van der Waals surface area contributed by atoms with Crippen LogP contribution in [0.5, 0.6) is 0 Å². The number of aromatic nitrogens is 4. The van der Waals surface area contributed by atoms with Crippen LogP contribution in [0.1, 0.15) is 45.5 Å². The Morgan fingerprint density at radius 2 is 2.16 bits per heavy atom. The normalized spacial score (nSPS) is 17.1. The predicted octanol–water partition coefficient (Wildman–Crippen LogP) is 1.41. The molecule has 1 aromatic rings. The van der Waals surface area contributed by atoms with Crippen LogP contribution in [0.4, 0.5) is 0 Å². The Morgan fingerprint density at radius 3 is 2.84 bits per heavy atom. The highest BCUT2D eigenvalue weighted by Crippen LogP contribution is 2.28. The highest BCUT2D eigenvalue weighted by Gasteiger charge is 2.21. The van der Waals surface area contributed by atoms with Crippen molar-refractivity contribution in [2.75, 3.05) is 19.8 Å². The number of nitrogens with zero attached hydrogens (tertiary/aromatic N) is 4. The van der Waals surface area contributed by atoms with Crippen molar-refractivity contribution < 1.29 is 4.74 Å². The second-order valence-electron chi connectivity index (χ2n) is 5.80. The molecule has 0 aromatic carbocycles. The minimum absolute atomic E-state index is 0.167. The van der Waals surface area contributed by atoms with E-state index in [4.69, 9.17) is 4.74 Å². The van der Waals surface area contributed by atoms with Gasteiger partial charge in [0, 0.05) is 6.61 Å². The molecule has 0 amide bonds. The van der Waals surface area contributed by atoms with Crippen molar-refractivity contribution in [2.45, 2.75) is 46.2 Å². The fourth-order valence-electron chi connectivity index (χ4n) is 1.87. The lowest BCUT2D eigenvalue weighted by atomic mass is 10.2. The maximum atomic E-state index is 5.63. The van der Waals surface area contributed by atoms with Crippen molar-refractivity contribution in [3.05, 3.63) is 5.82 Å². The molecule has 1 atom stereocenters. The predicted molar refractivity (Wildman–Crippen MR) is 72.6 cm³/mol. The Hall–Kier alpha value is -1.01. The van der Waals surface area contributed by atoms with Gasteiger partial charge in [0.15, 0.2) is 5.82 Å². The molecule has 19 heavy (non-hydrogen) atoms. The summed E-state index contributed by atoms with van der Waals surface area (Å²) < 4.78 is 7.47. The summed E-state index contributed by atoms with van der Waals surface area (Å²) in [7, 11) is 0. The number of ether oxygens (including phenoxy) is 1. The molecule has 0 aliphatic heterocycles. The SMILES string of the molecule is CC(C)CNC(C)c1nnnn1CCOCC1CC1. The van der Waals surface area contributed by atoms with Gasteiger partial charge >= 0.3 is 0 Å². The van der Waals surface area contributed by atoms with Crippen molar-refractivity contribution in [1.82, 2.24) is 25.5 Å². The molecule has 0 spiro atoms. The third-order valence-electron chi connectivity index (χ3n) is 3.28. The number of hydrogen-bond acceptors (Lipinski definition) is 5. The van der Waals surface area contributed by atoms with Gasteiger partial charge in [-0.25, -0.2) is 4.68 Å². The number of nitrogens with one attached hydrogen (secondary N) is 1. The molecule has 0 radical (unpaired) electrons. The fourth-order valence-corrected chi connectivity index (χ4v) is 1.87. The maximum Gasteiger partial charge on any atom is 0.168 e. The van der Waals surface area contributed by atoms with Crippen LogP contribution in [0, 0.1) is 11.8 Å². The average Bonchev–Trinajstić information content (AvgIpc) is 3.08. The third kappa shape index (κ3) is 4.87. The van der Waals surface area contributed by atoms with Crippen LogP contribution < -0.4 is 5.32 Å². The molecule has 6 heteroatoms. The summed E-state index contributed by atoms with van der Waals surface area (Å²) in [6.45, 7) is 9.73. The van der Waals surface area contributed by atoms with E-state index in [9.17, 15) is 0 Å². The van der Waals surface area contributed by atoms with Crippen LogP contribution in [-0.4, -0.2) is 40.0 Å². The van der Waals surface area contributed by atoms with Gasteiger partial charge in [0.25, 0.3) is 0 Å². The molecule has 1 unspecified atom stereocenters. The smallest absolute Gasteiger partial charge is 0.168 e. The lowest BCUT2D eigenvalue weighted by Gasteiger charge is -2.15. The molecule has 0 saturated heterocycles. The van der Waals surface area contributed by atoms with Crippen molar-refractivity contribution in [1.29, 1.82) is 0 Å². The number of hydrogen-bond donors (Lipinski definition) is 1. The first kappa shape index (κ1) is 14.4. The van der Waals surface area contributed by atoms with E-state index in [0.717, 1.165) is 31.4 Å². The molecule has 6 nitrogen and oxygen atoms in total. The largest absolute Gasteiger partial charge is 0.379 e. The molecule has 1 fully saturated rings. The van der Waals surface area contributed by atoms with Gasteiger partial charge in [0.2, 0.25) is 0 Å². The first-order chi connectivity index (χ1) is 9.16. The molecule has 1 N–H and O–H groups in total. The van der Waals surface area contributed by atoms with E-state index >= 15 is 0 Å². The average molecular weight is 267 g/mol. The van der Waals surface area contributed by atoms with Crippen molar-refractivity contribution >= 4 is 0 Å². The highest BCUT2D eigenvalue weighted by molar-refractivity contribution is 4.89. The summed E-state index contributed by atoms with van der Waals surface area (Å²) in [5.41, 5.74) is 0. The summed E-state index contributed by atoms with van der Waals surface area (Å²) in [4.78, 5) is 0. The molecule has 108 valence electrons. The van der Waals surface area contributed by atoms with Crippen LogP contribution in [0.15, 0.2) is 0 Å². The van der Waals surface area contributed by atoms with E-state index in [1.54, 1.807) is 0 Å². The van der Waals surface area contributed by atoms with Crippen LogP contribution in [0.2, 0.25) is 0 Å². The van der Waals surface area contributed by atoms with Gasteiger partial charge in [-0.05, 0) is 48.6 Å². The Morgan fingerprint density at radius 1 is 1.37 bits per heavy atom. The van der Waals surface area contributed by atoms with Gasteiger partial charge in [-0.3, -0.25) is 0 Å². The zero-order chi connectivity index (χ0) is 13.7. The van der Waals surface area contributed by atoms with Gasteiger partial charge in [-0.15, -0.1) is 5.10 Å². The Balaban J connectivity index is 1.74. The van der Waals surface area contributed by atoms with Crippen LogP contribution >= 0.6 is 0 Å². The van der Waals surface area contributed by atoms with Crippen LogP contribution in [-0.2, 0) is 11.3 Å². The van der Waals surface area contributed by atoms with E-state index in [-0.39, 0.29) is 6.04 Å². The van der Waals surface area contributed by atoms with Crippen LogP contribution in [0.3, 0.4) is 0 Å². The van der Waals surface area contributed by atoms with Crippen molar-refractivity contribution in [3.8, 4) is 0 Å². The lowest BCUT2D eigenvalue weighted by molar-refractivity contribution is 0.113. The lowest BCUT2D eigenvalue weighted by Crippen LogP contribution is -2.26. The van der Waals surface area contributed by atoms with E-state index in [2.05, 4.69) is 41.6 Å². The van der Waals surface area contributed by atoms with Gasteiger partial charge in [0.1, 0.15) is 0 Å². The van der Waals surface area contributed by atoms with Gasteiger partial charge in [-0.1, -0.05) is 13.8 Å². The second-order valence-corrected chi connectivity index (χ2v) is 5.80. The minimum Gasteiger partial charge on any atom is -0.379 e. The Labute approximate surface area is 114 Å². The Bertz CT molecular complexity index is 375. The molecular weight excluding hydrogens is 242 g/mol. The molecule has 1 aromatic heterocycles. The minimum atomic E-state index is 0.167. The molecular formula is C13H25N5O. The standard InChI is InChI=1S/C13H25N5O/c1-10(2)8-14-11(3)13-15-16-17-18(13)6-7-19-9-12-4-5-12/h10-12,14H,4-9H2,1-3H3. The van der Waals surface area contributed by atoms with Gasteiger partial charge in [-0.2, -0.15) is 0 Å². The van der Waals surface area contributed by atoms with E-state index in [0.29, 0.717) is 12.5 Å². The van der Waals surface area contributed by atoms with Gasteiger partial charge in [0.05, 0.1) is 19.2 Å². The fraction of sp³-hybridized carbons (Fsp3) is 0.923. The zero-order valence-electron chi connectivity index (χ0n) is 12.2. The molecule has 2 rings (SSSR count). The number of rotatable bonds is 9. The van der Waals surface area contributed by atoms with Crippen LogP contribution in [0.25, 0.3) is 0 Å². The summed E-state index contributed by atoms with van der Waals surface area (Å²) in [5, 5.41) is 15.3. The number of tetrazole rings is 1. The monoisotopic (exact) mass is 267 g/mol. The highest BCUT2D eigenvalue weighted by atomic mass is 16.5. The zero-order valence-corrected chi connectivity index (χ0v) is 12.2. The quantitative estimate of drug-likeness (QED) is 0.685. The molecule has 1 saturated carbocycles. The molecule has 1 aliphatic rings. The molecule has 1 aliphatic carbocycles. The second kappa shape index (κ2) is 6.96. The summed E-state index contributed by atoms with van der Waals surface area (Å²) in [6.07, 6.45) is 2.65. The maximum absolute atomic E-state index is 5.63. The third-order valence-corrected chi connectivity index (χ3v) is 3.28. The Kier molecular flexibility index (Phi) is 5.27. The van der Waals surface area contributed by atoms with E-state index in [1.165, 1.54) is 12.8 Å². The van der Waals surface area contributed by atoms with Crippen molar-refractivity contribution in [3.63, 3.8) is 0 Å². The first-order valence-electron chi connectivity index (χ1n) is 7.24. The van der Waals surface area contributed by atoms with E-state index < -0.39 is 0 Å². The summed E-state index contributed by atoms with van der Waals surface area (Å²) >= 11 is 0. The van der Waals surface area contributed by atoms with Gasteiger partial charge < -0.3 is 10.1 Å².